The topological polar surface area (TPSA) is 94.6 Å². The van der Waals surface area contributed by atoms with Gasteiger partial charge in [-0.1, -0.05) is 36.4 Å². The molecule has 3 aromatic rings. The zero-order valence-electron chi connectivity index (χ0n) is 21.6. The van der Waals surface area contributed by atoms with Gasteiger partial charge in [-0.3, -0.25) is 0 Å². The number of hydrogen-bond donors (Lipinski definition) is 2. The third-order valence-corrected chi connectivity index (χ3v) is 6.62. The van der Waals surface area contributed by atoms with Crippen LogP contribution in [0.15, 0.2) is 54.7 Å². The van der Waals surface area contributed by atoms with Crippen LogP contribution in [-0.4, -0.2) is 41.4 Å². The Morgan fingerprint density at radius 2 is 1.71 bits per heavy atom. The largest absolute Gasteiger partial charge is 0.495 e. The summed E-state index contributed by atoms with van der Waals surface area (Å²) in [4.78, 5) is 20.5. The number of methoxy groups -OCH3 is 1. The number of esters is 1. The fourth-order valence-electron chi connectivity index (χ4n) is 3.79. The van der Waals surface area contributed by atoms with Crippen molar-refractivity contribution in [3.05, 3.63) is 71.4 Å². The molecule has 0 bridgehead atoms. The number of alkyl halides is 3. The predicted molar refractivity (Wildman–Crippen MR) is 138 cm³/mol. The molecule has 1 fully saturated rings. The molecule has 0 amide bonds. The van der Waals surface area contributed by atoms with Crippen LogP contribution in [0.4, 0.5) is 30.6 Å². The number of aromatic nitrogens is 2. The molecule has 4 rings (SSSR count). The van der Waals surface area contributed by atoms with Crippen molar-refractivity contribution in [3.8, 4) is 0 Å². The monoisotopic (exact) mass is 528 g/mol. The zero-order chi connectivity index (χ0) is 27.7. The summed E-state index contributed by atoms with van der Waals surface area (Å²) < 4.78 is 57.9. The summed E-state index contributed by atoms with van der Waals surface area (Å²) in [6, 6.07) is 13.7. The first-order valence-electron chi connectivity index (χ1n) is 11.9. The third kappa shape index (κ3) is 5.76. The number of hydrogen-bond acceptors (Lipinski definition) is 8. The van der Waals surface area contributed by atoms with E-state index in [-0.39, 0.29) is 23.9 Å². The number of carbonyl (C=O) groups excluding carboxylic acids is 1. The quantitative estimate of drug-likeness (QED) is 0.329. The lowest BCUT2D eigenvalue weighted by Gasteiger charge is -2.32. The molecule has 12 heteroatoms. The van der Waals surface area contributed by atoms with Crippen molar-refractivity contribution in [1.82, 2.24) is 9.97 Å². The molecule has 0 spiro atoms. The first-order chi connectivity index (χ1) is 17.8. The van der Waals surface area contributed by atoms with E-state index in [1.54, 1.807) is 36.4 Å². The average Bonchev–Trinajstić information content (AvgIpc) is 3.08. The summed E-state index contributed by atoms with van der Waals surface area (Å²) in [5, 5.41) is 5.62. The maximum atomic E-state index is 13.6. The summed E-state index contributed by atoms with van der Waals surface area (Å²) >= 11 is 0. The highest BCUT2D eigenvalue weighted by Gasteiger charge is 2.52. The lowest BCUT2D eigenvalue weighted by Crippen LogP contribution is -2.41. The Hall–Kier alpha value is -3.64. The minimum absolute atomic E-state index is 0.0900. The van der Waals surface area contributed by atoms with Crippen LogP contribution in [0.1, 0.15) is 49.2 Å². The predicted octanol–water partition coefficient (Wildman–Crippen LogP) is 4.94. The molecule has 0 aliphatic carbocycles. The molecule has 0 saturated carbocycles. The van der Waals surface area contributed by atoms with Crippen molar-refractivity contribution in [2.24, 2.45) is 0 Å². The number of rotatable bonds is 7. The lowest BCUT2D eigenvalue weighted by molar-refractivity contribution is -0.137. The van der Waals surface area contributed by atoms with Gasteiger partial charge in [0.15, 0.2) is 0 Å². The Bertz CT molecular complexity index is 1300. The standard InChI is InChI=1S/C26H28BF3N4O4/c1-24(2)25(3,4)38-27(37-24)20-12-11-17(13-18(20)22(35)36-5)33-23-32-15-19(26(28,29)30)21(34-23)31-14-16-9-7-6-8-10-16/h6-13,15H,14H2,1-5H3,(H2,31,32,33,34). The summed E-state index contributed by atoms with van der Waals surface area (Å²) in [5.41, 5.74) is -0.470. The number of nitrogens with one attached hydrogen (secondary N) is 2. The second-order valence-corrected chi connectivity index (χ2v) is 9.80. The van der Waals surface area contributed by atoms with Crippen molar-refractivity contribution < 1.29 is 32.0 Å². The minimum atomic E-state index is -4.65. The van der Waals surface area contributed by atoms with Gasteiger partial charge in [0.1, 0.15) is 11.4 Å². The number of halogens is 3. The summed E-state index contributed by atoms with van der Waals surface area (Å²) in [5.74, 6) is -1.09. The molecule has 8 nitrogen and oxygen atoms in total. The van der Waals surface area contributed by atoms with Crippen molar-refractivity contribution >= 4 is 36.0 Å². The fraction of sp³-hybridized carbons (Fsp3) is 0.346. The maximum Gasteiger partial charge on any atom is 0.495 e. The van der Waals surface area contributed by atoms with E-state index in [1.807, 2.05) is 33.8 Å². The molecule has 0 radical (unpaired) electrons. The van der Waals surface area contributed by atoms with E-state index < -0.39 is 36.0 Å². The second kappa shape index (κ2) is 10.3. The fourth-order valence-corrected chi connectivity index (χ4v) is 3.79. The van der Waals surface area contributed by atoms with Crippen LogP contribution < -0.4 is 16.1 Å². The average molecular weight is 528 g/mol. The Morgan fingerprint density at radius 1 is 1.05 bits per heavy atom. The van der Waals surface area contributed by atoms with Crippen LogP contribution in [0, 0.1) is 0 Å². The van der Waals surface area contributed by atoms with E-state index in [1.165, 1.54) is 13.2 Å². The lowest BCUT2D eigenvalue weighted by atomic mass is 9.75. The Morgan fingerprint density at radius 3 is 2.32 bits per heavy atom. The van der Waals surface area contributed by atoms with E-state index in [2.05, 4.69) is 20.6 Å². The molecular formula is C26H28BF3N4O4. The van der Waals surface area contributed by atoms with Crippen LogP contribution in [-0.2, 0) is 26.8 Å². The van der Waals surface area contributed by atoms with E-state index in [9.17, 15) is 18.0 Å². The van der Waals surface area contributed by atoms with E-state index in [0.29, 0.717) is 17.3 Å². The van der Waals surface area contributed by atoms with Crippen molar-refractivity contribution in [1.29, 1.82) is 0 Å². The van der Waals surface area contributed by atoms with Crippen molar-refractivity contribution in [2.45, 2.75) is 51.6 Å². The Balaban J connectivity index is 1.63. The van der Waals surface area contributed by atoms with Gasteiger partial charge >= 0.3 is 19.3 Å². The van der Waals surface area contributed by atoms with Crippen LogP contribution in [0.25, 0.3) is 0 Å². The van der Waals surface area contributed by atoms with E-state index in [4.69, 9.17) is 14.0 Å². The van der Waals surface area contributed by atoms with Crippen LogP contribution >= 0.6 is 0 Å². The molecular weight excluding hydrogens is 500 g/mol. The number of anilines is 3. The minimum Gasteiger partial charge on any atom is -0.465 e. The van der Waals surface area contributed by atoms with Crippen LogP contribution in [0.2, 0.25) is 0 Å². The van der Waals surface area contributed by atoms with E-state index in [0.717, 1.165) is 5.56 Å². The smallest absolute Gasteiger partial charge is 0.465 e. The van der Waals surface area contributed by atoms with Crippen LogP contribution in [0.3, 0.4) is 0 Å². The molecule has 1 aromatic heterocycles. The number of ether oxygens (including phenoxy) is 1. The summed E-state index contributed by atoms with van der Waals surface area (Å²) in [6.07, 6.45) is -3.94. The summed E-state index contributed by atoms with van der Waals surface area (Å²) in [7, 11) is 0.430. The first kappa shape index (κ1) is 27.4. The van der Waals surface area contributed by atoms with Gasteiger partial charge in [-0.2, -0.15) is 18.2 Å². The highest BCUT2D eigenvalue weighted by Crippen LogP contribution is 2.37. The molecule has 200 valence electrons. The van der Waals surface area contributed by atoms with Gasteiger partial charge < -0.3 is 24.7 Å². The first-order valence-corrected chi connectivity index (χ1v) is 11.9. The van der Waals surface area contributed by atoms with Gasteiger partial charge in [0.2, 0.25) is 5.95 Å². The molecule has 38 heavy (non-hydrogen) atoms. The molecule has 1 aliphatic heterocycles. The van der Waals surface area contributed by atoms with Crippen LogP contribution in [0.5, 0.6) is 0 Å². The summed E-state index contributed by atoms with van der Waals surface area (Å²) in [6.45, 7) is 7.71. The third-order valence-electron chi connectivity index (χ3n) is 6.62. The van der Waals surface area contributed by atoms with Gasteiger partial charge in [-0.15, -0.1) is 0 Å². The Labute approximate surface area is 219 Å². The molecule has 0 unspecified atom stereocenters. The molecule has 2 heterocycles. The van der Waals surface area contributed by atoms with Gasteiger partial charge in [0, 0.05) is 18.4 Å². The zero-order valence-corrected chi connectivity index (χ0v) is 21.6. The highest BCUT2D eigenvalue weighted by molar-refractivity contribution is 6.63. The van der Waals surface area contributed by atoms with Gasteiger partial charge in [0.05, 0.1) is 23.9 Å². The molecule has 2 aromatic carbocycles. The second-order valence-electron chi connectivity index (χ2n) is 9.80. The Kier molecular flexibility index (Phi) is 7.40. The molecule has 2 N–H and O–H groups in total. The molecule has 1 aliphatic rings. The molecule has 0 atom stereocenters. The van der Waals surface area contributed by atoms with Gasteiger partial charge in [-0.25, -0.2) is 9.78 Å². The molecule has 1 saturated heterocycles. The van der Waals surface area contributed by atoms with Crippen molar-refractivity contribution in [2.75, 3.05) is 17.7 Å². The highest BCUT2D eigenvalue weighted by atomic mass is 19.4. The van der Waals surface area contributed by atoms with Crippen molar-refractivity contribution in [3.63, 3.8) is 0 Å². The van der Waals surface area contributed by atoms with E-state index >= 15 is 0 Å². The number of benzene rings is 2. The van der Waals surface area contributed by atoms with Gasteiger partial charge in [-0.05, 0) is 50.9 Å². The normalized spacial score (nSPS) is 16.3. The van der Waals surface area contributed by atoms with Gasteiger partial charge in [0.25, 0.3) is 0 Å². The maximum absolute atomic E-state index is 13.6. The number of carbonyl (C=O) groups is 1. The SMILES string of the molecule is COC(=O)c1cc(Nc2ncc(C(F)(F)F)c(NCc3ccccc3)n2)ccc1B1OC(C)(C)C(C)(C)O1. The number of nitrogens with zero attached hydrogens (tertiary/aromatic N) is 2.